The van der Waals surface area contributed by atoms with Gasteiger partial charge in [0.15, 0.2) is 0 Å². The maximum Gasteiger partial charge on any atom is 0.282 e. The molecule has 0 bridgehead atoms. The summed E-state index contributed by atoms with van der Waals surface area (Å²) in [6, 6.07) is 1.66. The Morgan fingerprint density at radius 3 is 2.56 bits per heavy atom. The SMILES string of the molecule is CNCc1cc(N(C)C)nc([C@@H]2CCCN2S(=O)(=O)N2CCCC2)n1. The zero-order valence-corrected chi connectivity index (χ0v) is 16.1. The van der Waals surface area contributed by atoms with Gasteiger partial charge in [-0.1, -0.05) is 0 Å². The number of hydrogen-bond donors (Lipinski definition) is 1. The lowest BCUT2D eigenvalue weighted by Gasteiger charge is -2.28. The number of rotatable bonds is 6. The summed E-state index contributed by atoms with van der Waals surface area (Å²) in [5.74, 6) is 1.41. The van der Waals surface area contributed by atoms with Crippen LogP contribution in [-0.2, 0) is 16.8 Å². The number of hydrogen-bond acceptors (Lipinski definition) is 6. The molecule has 0 amide bonds. The van der Waals surface area contributed by atoms with E-state index in [1.165, 1.54) is 0 Å². The molecule has 1 N–H and O–H groups in total. The second kappa shape index (κ2) is 7.53. The molecule has 1 aromatic heterocycles. The van der Waals surface area contributed by atoms with Crippen molar-refractivity contribution >= 4 is 16.0 Å². The van der Waals surface area contributed by atoms with Crippen LogP contribution in [0.3, 0.4) is 0 Å². The Bertz CT molecular complexity index is 703. The number of anilines is 1. The van der Waals surface area contributed by atoms with Crippen molar-refractivity contribution in [2.75, 3.05) is 45.7 Å². The smallest absolute Gasteiger partial charge is 0.282 e. The molecular weight excluding hydrogens is 340 g/mol. The second-order valence-electron chi connectivity index (χ2n) is 6.88. The molecule has 1 aromatic rings. The molecule has 140 valence electrons. The molecule has 0 spiro atoms. The molecule has 0 aliphatic carbocycles. The first-order valence-electron chi connectivity index (χ1n) is 8.90. The van der Waals surface area contributed by atoms with Gasteiger partial charge < -0.3 is 10.2 Å². The highest BCUT2D eigenvalue weighted by atomic mass is 32.2. The lowest BCUT2D eigenvalue weighted by molar-refractivity contribution is 0.340. The van der Waals surface area contributed by atoms with Gasteiger partial charge in [-0.25, -0.2) is 9.97 Å². The summed E-state index contributed by atoms with van der Waals surface area (Å²) in [6.07, 6.45) is 3.49. The van der Waals surface area contributed by atoms with Crippen LogP contribution in [0.5, 0.6) is 0 Å². The first-order valence-corrected chi connectivity index (χ1v) is 10.3. The van der Waals surface area contributed by atoms with Gasteiger partial charge in [0.25, 0.3) is 10.2 Å². The van der Waals surface area contributed by atoms with Crippen LogP contribution in [0.4, 0.5) is 5.82 Å². The molecule has 0 radical (unpaired) electrons. The minimum Gasteiger partial charge on any atom is -0.363 e. The van der Waals surface area contributed by atoms with Crippen molar-refractivity contribution in [1.82, 2.24) is 23.9 Å². The highest BCUT2D eigenvalue weighted by Gasteiger charge is 2.41. The summed E-state index contributed by atoms with van der Waals surface area (Å²) in [7, 11) is 2.30. The average Bonchev–Trinajstić information content (AvgIpc) is 3.27. The summed E-state index contributed by atoms with van der Waals surface area (Å²) < 4.78 is 29.3. The number of nitrogens with zero attached hydrogens (tertiary/aromatic N) is 5. The Kier molecular flexibility index (Phi) is 5.57. The fourth-order valence-electron chi connectivity index (χ4n) is 3.49. The van der Waals surface area contributed by atoms with Crippen molar-refractivity contribution in [3.63, 3.8) is 0 Å². The van der Waals surface area contributed by atoms with Crippen LogP contribution in [-0.4, -0.2) is 67.8 Å². The fourth-order valence-corrected chi connectivity index (χ4v) is 5.39. The van der Waals surface area contributed by atoms with E-state index in [9.17, 15) is 8.42 Å². The van der Waals surface area contributed by atoms with Crippen molar-refractivity contribution < 1.29 is 8.42 Å². The van der Waals surface area contributed by atoms with Gasteiger partial charge in [-0.05, 0) is 32.7 Å². The van der Waals surface area contributed by atoms with Gasteiger partial charge in [-0.2, -0.15) is 17.0 Å². The molecule has 3 rings (SSSR count). The summed E-state index contributed by atoms with van der Waals surface area (Å²) in [5, 5.41) is 3.11. The normalized spacial score (nSPS) is 22.6. The van der Waals surface area contributed by atoms with Crippen molar-refractivity contribution in [3.05, 3.63) is 17.6 Å². The minimum absolute atomic E-state index is 0.277. The minimum atomic E-state index is -3.44. The highest BCUT2D eigenvalue weighted by molar-refractivity contribution is 7.86. The lowest BCUT2D eigenvalue weighted by Crippen LogP contribution is -2.42. The molecule has 0 unspecified atom stereocenters. The van der Waals surface area contributed by atoms with E-state index in [-0.39, 0.29) is 6.04 Å². The van der Waals surface area contributed by atoms with Crippen LogP contribution in [0.15, 0.2) is 6.07 Å². The Labute approximate surface area is 150 Å². The molecule has 25 heavy (non-hydrogen) atoms. The van der Waals surface area contributed by atoms with Crippen molar-refractivity contribution in [2.45, 2.75) is 38.3 Å². The quantitative estimate of drug-likeness (QED) is 0.798. The molecule has 0 saturated carbocycles. The van der Waals surface area contributed by atoms with Crippen molar-refractivity contribution in [1.29, 1.82) is 0 Å². The Balaban J connectivity index is 1.94. The molecule has 9 heteroatoms. The maximum absolute atomic E-state index is 13.0. The molecule has 0 aromatic carbocycles. The van der Waals surface area contributed by atoms with Crippen molar-refractivity contribution in [3.8, 4) is 0 Å². The highest BCUT2D eigenvalue weighted by Crippen LogP contribution is 2.35. The van der Waals surface area contributed by atoms with Crippen LogP contribution in [0.1, 0.15) is 43.2 Å². The fraction of sp³-hybridized carbons (Fsp3) is 0.750. The van der Waals surface area contributed by atoms with Gasteiger partial charge in [0, 0.05) is 46.3 Å². The number of nitrogens with one attached hydrogen (secondary N) is 1. The molecule has 2 saturated heterocycles. The predicted molar refractivity (Wildman–Crippen MR) is 97.5 cm³/mol. The summed E-state index contributed by atoms with van der Waals surface area (Å²) in [6.45, 7) is 2.41. The van der Waals surface area contributed by atoms with Gasteiger partial charge in [0.2, 0.25) is 0 Å². The zero-order chi connectivity index (χ0) is 18.0. The van der Waals surface area contributed by atoms with Crippen LogP contribution < -0.4 is 10.2 Å². The van der Waals surface area contributed by atoms with Gasteiger partial charge in [0.1, 0.15) is 11.6 Å². The third-order valence-electron chi connectivity index (χ3n) is 4.79. The topological polar surface area (TPSA) is 81.7 Å². The first kappa shape index (κ1) is 18.5. The molecule has 2 aliphatic rings. The maximum atomic E-state index is 13.0. The number of aromatic nitrogens is 2. The van der Waals surface area contributed by atoms with Crippen LogP contribution >= 0.6 is 0 Å². The Hall–Kier alpha value is -1.29. The molecule has 1 atom stereocenters. The third kappa shape index (κ3) is 3.79. The molecule has 8 nitrogen and oxygen atoms in total. The van der Waals surface area contributed by atoms with E-state index in [0.29, 0.717) is 32.0 Å². The summed E-state index contributed by atoms with van der Waals surface area (Å²) in [5.41, 5.74) is 0.877. The van der Waals surface area contributed by atoms with Crippen molar-refractivity contribution in [2.24, 2.45) is 0 Å². The average molecular weight is 369 g/mol. The van der Waals surface area contributed by atoms with Gasteiger partial charge in [-0.15, -0.1) is 0 Å². The van der Waals surface area contributed by atoms with E-state index in [2.05, 4.69) is 15.3 Å². The van der Waals surface area contributed by atoms with Crippen LogP contribution in [0.2, 0.25) is 0 Å². The van der Waals surface area contributed by atoms with Gasteiger partial charge in [0.05, 0.1) is 11.7 Å². The monoisotopic (exact) mass is 368 g/mol. The van der Waals surface area contributed by atoms with Crippen LogP contribution in [0.25, 0.3) is 0 Å². The Morgan fingerprint density at radius 2 is 1.92 bits per heavy atom. The molecule has 2 fully saturated rings. The van der Waals surface area contributed by atoms with E-state index in [1.54, 1.807) is 8.61 Å². The largest absolute Gasteiger partial charge is 0.363 e. The first-order chi connectivity index (χ1) is 11.9. The third-order valence-corrected chi connectivity index (χ3v) is 6.84. The summed E-state index contributed by atoms with van der Waals surface area (Å²) in [4.78, 5) is 11.2. The van der Waals surface area contributed by atoms with E-state index < -0.39 is 10.2 Å². The van der Waals surface area contributed by atoms with E-state index in [0.717, 1.165) is 37.2 Å². The molecule has 3 heterocycles. The lowest BCUT2D eigenvalue weighted by atomic mass is 10.2. The van der Waals surface area contributed by atoms with E-state index in [1.807, 2.05) is 32.1 Å². The predicted octanol–water partition coefficient (Wildman–Crippen LogP) is 0.740. The van der Waals surface area contributed by atoms with Gasteiger partial charge in [-0.3, -0.25) is 0 Å². The standard InChI is InChI=1S/C16H28N6O2S/c1-17-12-13-11-15(20(2)3)19-16(18-13)14-7-6-10-22(14)25(23,24)21-8-4-5-9-21/h11,14,17H,4-10,12H2,1-3H3/t14-/m0/s1. The van der Waals surface area contributed by atoms with E-state index >= 15 is 0 Å². The Morgan fingerprint density at radius 1 is 1.20 bits per heavy atom. The zero-order valence-electron chi connectivity index (χ0n) is 15.3. The molecule has 2 aliphatic heterocycles. The van der Waals surface area contributed by atoms with Gasteiger partial charge >= 0.3 is 0 Å². The second-order valence-corrected chi connectivity index (χ2v) is 8.76. The van der Waals surface area contributed by atoms with Crippen LogP contribution in [0, 0.1) is 0 Å². The molecular formula is C16H28N6O2S. The summed E-state index contributed by atoms with van der Waals surface area (Å²) >= 11 is 0. The van der Waals surface area contributed by atoms with E-state index in [4.69, 9.17) is 0 Å².